The maximum Gasteiger partial charge on any atom is 0.241 e. The van der Waals surface area contributed by atoms with Gasteiger partial charge in [-0.15, -0.1) is 0 Å². The van der Waals surface area contributed by atoms with Gasteiger partial charge >= 0.3 is 0 Å². The molecule has 2 aromatic rings. The summed E-state index contributed by atoms with van der Waals surface area (Å²) in [4.78, 5) is 8.70. The van der Waals surface area contributed by atoms with E-state index in [1.165, 1.54) is 12.8 Å². The highest BCUT2D eigenvalue weighted by molar-refractivity contribution is 5.84. The molecule has 106 valence electrons. The number of hydrogen-bond donors (Lipinski definition) is 2. The van der Waals surface area contributed by atoms with Gasteiger partial charge in [0, 0.05) is 0 Å². The van der Waals surface area contributed by atoms with Gasteiger partial charge in [-0.25, -0.2) is 10.8 Å². The number of nitrogens with one attached hydrogen (secondary N) is 1. The quantitative estimate of drug-likeness (QED) is 0.664. The molecule has 1 fully saturated rings. The van der Waals surface area contributed by atoms with Gasteiger partial charge in [-0.3, -0.25) is 5.43 Å². The third kappa shape index (κ3) is 2.67. The van der Waals surface area contributed by atoms with E-state index >= 15 is 0 Å². The lowest BCUT2D eigenvalue weighted by Gasteiger charge is -2.27. The van der Waals surface area contributed by atoms with Crippen LogP contribution in [0.4, 0.5) is 5.95 Å². The normalized spacial score (nSPS) is 22.7. The first-order valence-corrected chi connectivity index (χ1v) is 7.16. The lowest BCUT2D eigenvalue weighted by molar-refractivity contribution is 0.126. The number of nitrogens with zero attached hydrogens (tertiary/aromatic N) is 2. The second-order valence-electron chi connectivity index (χ2n) is 5.53. The molecule has 1 aromatic carbocycles. The van der Waals surface area contributed by atoms with Crippen LogP contribution in [0.2, 0.25) is 0 Å². The Labute approximate surface area is 118 Å². The summed E-state index contributed by atoms with van der Waals surface area (Å²) in [6.45, 7) is 2.28. The number of nitrogens with two attached hydrogens (primary N) is 1. The largest absolute Gasteiger partial charge is 0.474 e. The molecule has 0 radical (unpaired) electrons. The van der Waals surface area contributed by atoms with Crippen molar-refractivity contribution in [2.45, 2.75) is 38.7 Å². The molecule has 1 aliphatic rings. The van der Waals surface area contributed by atoms with Crippen molar-refractivity contribution in [2.75, 3.05) is 5.43 Å². The van der Waals surface area contributed by atoms with Crippen LogP contribution >= 0.6 is 0 Å². The average Bonchev–Trinajstić information content (AvgIpc) is 2.47. The summed E-state index contributed by atoms with van der Waals surface area (Å²) in [6.07, 6.45) is 4.93. The van der Waals surface area contributed by atoms with Gasteiger partial charge in [0.25, 0.3) is 0 Å². The van der Waals surface area contributed by atoms with E-state index in [0.717, 1.165) is 23.7 Å². The molecule has 3 rings (SSSR count). The second-order valence-corrected chi connectivity index (χ2v) is 5.53. The van der Waals surface area contributed by atoms with Gasteiger partial charge in [-0.1, -0.05) is 25.5 Å². The summed E-state index contributed by atoms with van der Waals surface area (Å²) in [5.41, 5.74) is 3.35. The third-order valence-corrected chi connectivity index (χ3v) is 3.86. The molecule has 0 amide bonds. The number of anilines is 1. The third-order valence-electron chi connectivity index (χ3n) is 3.86. The van der Waals surface area contributed by atoms with Gasteiger partial charge in [-0.05, 0) is 37.3 Å². The molecule has 2 unspecified atom stereocenters. The molecule has 1 saturated carbocycles. The second kappa shape index (κ2) is 5.63. The SMILES string of the molecule is CC1CCCC(Oc2nc(NN)nc3ccccc23)C1. The molecule has 1 aromatic heterocycles. The van der Waals surface area contributed by atoms with Crippen LogP contribution in [0.5, 0.6) is 5.88 Å². The number of aromatic nitrogens is 2. The fraction of sp³-hybridized carbons (Fsp3) is 0.467. The zero-order valence-corrected chi connectivity index (χ0v) is 11.7. The molecular formula is C15H20N4O. The van der Waals surface area contributed by atoms with Crippen LogP contribution in [-0.4, -0.2) is 16.1 Å². The van der Waals surface area contributed by atoms with E-state index in [1.54, 1.807) is 0 Å². The van der Waals surface area contributed by atoms with Crippen LogP contribution < -0.4 is 16.0 Å². The van der Waals surface area contributed by atoms with Crippen molar-refractivity contribution < 1.29 is 4.74 Å². The number of para-hydroxylation sites is 1. The maximum absolute atomic E-state index is 6.13. The van der Waals surface area contributed by atoms with Gasteiger partial charge in [0.1, 0.15) is 6.10 Å². The molecule has 5 nitrogen and oxygen atoms in total. The van der Waals surface area contributed by atoms with Crippen LogP contribution in [0, 0.1) is 5.92 Å². The Morgan fingerprint density at radius 1 is 1.25 bits per heavy atom. The molecular weight excluding hydrogens is 252 g/mol. The first kappa shape index (κ1) is 13.1. The Bertz CT molecular complexity index is 601. The molecule has 1 aliphatic carbocycles. The van der Waals surface area contributed by atoms with E-state index in [0.29, 0.717) is 17.7 Å². The highest BCUT2D eigenvalue weighted by Crippen LogP contribution is 2.30. The van der Waals surface area contributed by atoms with Crippen molar-refractivity contribution in [2.24, 2.45) is 11.8 Å². The zero-order valence-electron chi connectivity index (χ0n) is 11.7. The van der Waals surface area contributed by atoms with Crippen LogP contribution in [0.25, 0.3) is 10.9 Å². The molecule has 0 spiro atoms. The number of ether oxygens (including phenoxy) is 1. The fourth-order valence-corrected chi connectivity index (χ4v) is 2.85. The summed E-state index contributed by atoms with van der Waals surface area (Å²) in [5.74, 6) is 7.17. The predicted molar refractivity (Wildman–Crippen MR) is 79.4 cm³/mol. The molecule has 0 saturated heterocycles. The number of hydrogen-bond acceptors (Lipinski definition) is 5. The van der Waals surface area contributed by atoms with Crippen molar-refractivity contribution in [3.63, 3.8) is 0 Å². The number of hydrazine groups is 1. The van der Waals surface area contributed by atoms with Gasteiger partial charge in [0.2, 0.25) is 11.8 Å². The topological polar surface area (TPSA) is 73.1 Å². The van der Waals surface area contributed by atoms with Gasteiger partial charge < -0.3 is 4.74 Å². The minimum Gasteiger partial charge on any atom is -0.474 e. The Morgan fingerprint density at radius 2 is 2.10 bits per heavy atom. The fourth-order valence-electron chi connectivity index (χ4n) is 2.85. The number of benzene rings is 1. The van der Waals surface area contributed by atoms with E-state index < -0.39 is 0 Å². The van der Waals surface area contributed by atoms with E-state index in [1.807, 2.05) is 24.3 Å². The van der Waals surface area contributed by atoms with Crippen molar-refractivity contribution in [1.82, 2.24) is 9.97 Å². The Balaban J connectivity index is 1.93. The van der Waals surface area contributed by atoms with Crippen molar-refractivity contribution in [3.05, 3.63) is 24.3 Å². The summed E-state index contributed by atoms with van der Waals surface area (Å²) in [6, 6.07) is 7.84. The van der Waals surface area contributed by atoms with Crippen molar-refractivity contribution >= 4 is 16.9 Å². The highest BCUT2D eigenvalue weighted by Gasteiger charge is 2.21. The first-order valence-electron chi connectivity index (χ1n) is 7.16. The standard InChI is InChI=1S/C15H20N4O/c1-10-5-4-6-11(9-10)20-14-12-7-2-3-8-13(12)17-15(18-14)19-16/h2-3,7-8,10-11H,4-6,9,16H2,1H3,(H,17,18,19). The summed E-state index contributed by atoms with van der Waals surface area (Å²) in [5, 5.41) is 0.935. The molecule has 0 aliphatic heterocycles. The van der Waals surface area contributed by atoms with Gasteiger partial charge in [0.15, 0.2) is 0 Å². The lowest BCUT2D eigenvalue weighted by atomic mass is 9.89. The highest BCUT2D eigenvalue weighted by atomic mass is 16.5. The van der Waals surface area contributed by atoms with E-state index in [4.69, 9.17) is 10.6 Å². The predicted octanol–water partition coefficient (Wildman–Crippen LogP) is 2.87. The van der Waals surface area contributed by atoms with Crippen molar-refractivity contribution in [1.29, 1.82) is 0 Å². The summed E-state index contributed by atoms with van der Waals surface area (Å²) in [7, 11) is 0. The van der Waals surface area contributed by atoms with Crippen LogP contribution in [-0.2, 0) is 0 Å². The molecule has 2 atom stereocenters. The number of rotatable bonds is 3. The Kier molecular flexibility index (Phi) is 3.69. The smallest absolute Gasteiger partial charge is 0.241 e. The van der Waals surface area contributed by atoms with E-state index in [2.05, 4.69) is 22.3 Å². The van der Waals surface area contributed by atoms with Gasteiger partial charge in [-0.2, -0.15) is 4.98 Å². The monoisotopic (exact) mass is 272 g/mol. The van der Waals surface area contributed by atoms with Gasteiger partial charge in [0.05, 0.1) is 10.9 Å². The molecule has 0 bridgehead atoms. The van der Waals surface area contributed by atoms with Crippen LogP contribution in [0.3, 0.4) is 0 Å². The minimum absolute atomic E-state index is 0.239. The Hall–Kier alpha value is -1.88. The maximum atomic E-state index is 6.13. The molecule has 5 heteroatoms. The van der Waals surface area contributed by atoms with E-state index in [9.17, 15) is 0 Å². The zero-order chi connectivity index (χ0) is 13.9. The number of fused-ring (bicyclic) bond motifs is 1. The lowest BCUT2D eigenvalue weighted by Crippen LogP contribution is -2.25. The average molecular weight is 272 g/mol. The summed E-state index contributed by atoms with van der Waals surface area (Å²) >= 11 is 0. The number of nitrogen functional groups attached to an aromatic ring is 1. The Morgan fingerprint density at radius 3 is 2.90 bits per heavy atom. The first-order chi connectivity index (χ1) is 9.76. The molecule has 1 heterocycles. The molecule has 20 heavy (non-hydrogen) atoms. The van der Waals surface area contributed by atoms with Crippen LogP contribution in [0.1, 0.15) is 32.6 Å². The molecule has 3 N–H and O–H groups in total. The summed E-state index contributed by atoms with van der Waals surface area (Å²) < 4.78 is 6.13. The van der Waals surface area contributed by atoms with Crippen LogP contribution in [0.15, 0.2) is 24.3 Å². The minimum atomic E-state index is 0.239. The van der Waals surface area contributed by atoms with Crippen molar-refractivity contribution in [3.8, 4) is 5.88 Å². The van der Waals surface area contributed by atoms with E-state index in [-0.39, 0.29) is 6.10 Å².